The van der Waals surface area contributed by atoms with Crippen molar-refractivity contribution in [1.29, 1.82) is 0 Å². The average molecular weight is 185 g/mol. The molecule has 2 fully saturated rings. The number of nitrogens with zero attached hydrogens (tertiary/aromatic N) is 1. The molecule has 1 saturated carbocycles. The molecular weight excluding hydrogens is 170 g/mol. The molecule has 0 aromatic carbocycles. The number of Topliss-reactive ketones (excluding diaryl/α,β-unsaturated/α-hetero) is 1. The highest BCUT2D eigenvalue weighted by Gasteiger charge is 2.30. The minimum absolute atomic E-state index is 0.297. The molecule has 2 aliphatic rings. The van der Waals surface area contributed by atoms with Gasteiger partial charge in [0.25, 0.3) is 0 Å². The van der Waals surface area contributed by atoms with Crippen molar-refractivity contribution in [3.63, 3.8) is 0 Å². The summed E-state index contributed by atoms with van der Waals surface area (Å²) in [4.78, 5) is 13.8. The van der Waals surface area contributed by atoms with E-state index in [4.69, 9.17) is 0 Å². The van der Waals surface area contributed by atoms with Crippen molar-refractivity contribution in [3.05, 3.63) is 0 Å². The predicted octanol–water partition coefficient (Wildman–Crippen LogP) is 1.16. The van der Waals surface area contributed by atoms with E-state index in [-0.39, 0.29) is 0 Å². The molecule has 0 N–H and O–H groups in total. The summed E-state index contributed by atoms with van der Waals surface area (Å²) in [5, 5.41) is 0. The number of thioether (sulfide) groups is 1. The zero-order valence-electron chi connectivity index (χ0n) is 7.29. The zero-order valence-corrected chi connectivity index (χ0v) is 8.11. The maximum Gasteiger partial charge on any atom is 0.149 e. The Morgan fingerprint density at radius 2 is 2.08 bits per heavy atom. The molecule has 2 rings (SSSR count). The van der Waals surface area contributed by atoms with Gasteiger partial charge in [0.1, 0.15) is 5.78 Å². The van der Waals surface area contributed by atoms with Gasteiger partial charge in [-0.25, -0.2) is 0 Å². The molecule has 0 bridgehead atoms. The first-order valence-electron chi connectivity index (χ1n) is 4.72. The molecule has 12 heavy (non-hydrogen) atoms. The molecule has 1 atom stereocenters. The van der Waals surface area contributed by atoms with Crippen LogP contribution in [0.4, 0.5) is 0 Å². The first-order chi connectivity index (χ1) is 5.88. The first kappa shape index (κ1) is 8.57. The Balaban J connectivity index is 1.93. The molecular formula is C9H15NOS. The molecule has 1 aliphatic carbocycles. The van der Waals surface area contributed by atoms with Gasteiger partial charge in [-0.15, -0.1) is 0 Å². The van der Waals surface area contributed by atoms with Crippen molar-refractivity contribution in [1.82, 2.24) is 4.90 Å². The highest BCUT2D eigenvalue weighted by atomic mass is 32.2. The largest absolute Gasteiger partial charge is 0.298 e. The van der Waals surface area contributed by atoms with Crippen LogP contribution in [0.25, 0.3) is 0 Å². The van der Waals surface area contributed by atoms with Crippen molar-refractivity contribution in [2.45, 2.75) is 25.3 Å². The number of carbonyl (C=O) groups excluding carboxylic acids is 1. The van der Waals surface area contributed by atoms with Crippen molar-refractivity contribution >= 4 is 17.5 Å². The Bertz CT molecular complexity index is 177. The fraction of sp³-hybridized carbons (Fsp3) is 0.889. The Kier molecular flexibility index (Phi) is 2.71. The quantitative estimate of drug-likeness (QED) is 0.611. The zero-order chi connectivity index (χ0) is 8.39. The van der Waals surface area contributed by atoms with E-state index < -0.39 is 0 Å². The van der Waals surface area contributed by atoms with Crippen LogP contribution in [0.2, 0.25) is 0 Å². The highest BCUT2D eigenvalue weighted by Crippen LogP contribution is 2.22. The first-order valence-corrected chi connectivity index (χ1v) is 5.88. The SMILES string of the molecule is O=C1CCCC1N1CCSCC1. The lowest BCUT2D eigenvalue weighted by Gasteiger charge is -2.30. The van der Waals surface area contributed by atoms with Gasteiger partial charge in [-0.3, -0.25) is 9.69 Å². The molecule has 0 aromatic heterocycles. The number of hydrogen-bond acceptors (Lipinski definition) is 3. The fourth-order valence-electron chi connectivity index (χ4n) is 2.07. The van der Waals surface area contributed by atoms with Crippen LogP contribution in [0, 0.1) is 0 Å². The van der Waals surface area contributed by atoms with Gasteiger partial charge in [0.15, 0.2) is 0 Å². The van der Waals surface area contributed by atoms with Crippen LogP contribution in [0.3, 0.4) is 0 Å². The molecule has 1 heterocycles. The lowest BCUT2D eigenvalue weighted by Crippen LogP contribution is -2.43. The molecule has 1 saturated heterocycles. The minimum atomic E-state index is 0.297. The summed E-state index contributed by atoms with van der Waals surface area (Å²) in [5.74, 6) is 2.91. The van der Waals surface area contributed by atoms with E-state index in [0.717, 1.165) is 32.4 Å². The van der Waals surface area contributed by atoms with Crippen LogP contribution in [0.15, 0.2) is 0 Å². The van der Waals surface area contributed by atoms with Gasteiger partial charge in [-0.2, -0.15) is 11.8 Å². The van der Waals surface area contributed by atoms with Crippen molar-refractivity contribution in [2.24, 2.45) is 0 Å². The third-order valence-electron chi connectivity index (χ3n) is 2.76. The summed E-state index contributed by atoms with van der Waals surface area (Å²) < 4.78 is 0. The normalized spacial score (nSPS) is 32.7. The molecule has 3 heteroatoms. The third-order valence-corrected chi connectivity index (χ3v) is 3.70. The molecule has 0 amide bonds. The van der Waals surface area contributed by atoms with Crippen LogP contribution in [-0.4, -0.2) is 41.3 Å². The Labute approximate surface area is 77.7 Å². The number of rotatable bonds is 1. The Morgan fingerprint density at radius 1 is 1.33 bits per heavy atom. The second-order valence-corrected chi connectivity index (χ2v) is 4.75. The molecule has 1 unspecified atom stereocenters. The molecule has 1 aliphatic heterocycles. The highest BCUT2D eigenvalue weighted by molar-refractivity contribution is 7.99. The summed E-state index contributed by atoms with van der Waals surface area (Å²) >= 11 is 2.01. The van der Waals surface area contributed by atoms with Crippen LogP contribution >= 0.6 is 11.8 Å². The van der Waals surface area contributed by atoms with E-state index in [0.29, 0.717) is 11.8 Å². The number of carbonyl (C=O) groups is 1. The second kappa shape index (κ2) is 3.79. The van der Waals surface area contributed by atoms with Crippen molar-refractivity contribution < 1.29 is 4.79 Å². The smallest absolute Gasteiger partial charge is 0.149 e. The summed E-state index contributed by atoms with van der Waals surface area (Å²) in [5.41, 5.74) is 0. The summed E-state index contributed by atoms with van der Waals surface area (Å²) in [6.07, 6.45) is 3.06. The molecule has 0 radical (unpaired) electrons. The maximum absolute atomic E-state index is 11.4. The maximum atomic E-state index is 11.4. The molecule has 0 spiro atoms. The van der Waals surface area contributed by atoms with Gasteiger partial charge in [-0.05, 0) is 12.8 Å². The molecule has 2 nitrogen and oxygen atoms in total. The predicted molar refractivity (Wildman–Crippen MR) is 51.5 cm³/mol. The third kappa shape index (κ3) is 1.67. The van der Waals surface area contributed by atoms with Gasteiger partial charge in [0, 0.05) is 31.0 Å². The van der Waals surface area contributed by atoms with Gasteiger partial charge in [-0.1, -0.05) is 0 Å². The van der Waals surface area contributed by atoms with Crippen molar-refractivity contribution in [3.8, 4) is 0 Å². The minimum Gasteiger partial charge on any atom is -0.298 e. The monoisotopic (exact) mass is 185 g/mol. The second-order valence-electron chi connectivity index (χ2n) is 3.52. The average Bonchev–Trinajstić information content (AvgIpc) is 2.53. The van der Waals surface area contributed by atoms with Crippen LogP contribution in [0.1, 0.15) is 19.3 Å². The lowest BCUT2D eigenvalue weighted by molar-refractivity contribution is -0.121. The van der Waals surface area contributed by atoms with Gasteiger partial charge in [0.05, 0.1) is 6.04 Å². The van der Waals surface area contributed by atoms with Gasteiger partial charge in [0.2, 0.25) is 0 Å². The summed E-state index contributed by atoms with van der Waals surface area (Å²) in [6.45, 7) is 2.25. The van der Waals surface area contributed by atoms with Crippen LogP contribution < -0.4 is 0 Å². The van der Waals surface area contributed by atoms with Crippen LogP contribution in [0.5, 0.6) is 0 Å². The molecule has 0 aromatic rings. The van der Waals surface area contributed by atoms with Gasteiger partial charge < -0.3 is 0 Å². The lowest BCUT2D eigenvalue weighted by atomic mass is 10.2. The number of ketones is 1. The standard InChI is InChI=1S/C9H15NOS/c11-9-3-1-2-8(9)10-4-6-12-7-5-10/h8H,1-7H2. The van der Waals surface area contributed by atoms with Gasteiger partial charge >= 0.3 is 0 Å². The van der Waals surface area contributed by atoms with Crippen molar-refractivity contribution in [2.75, 3.05) is 24.6 Å². The topological polar surface area (TPSA) is 20.3 Å². The van der Waals surface area contributed by atoms with E-state index in [2.05, 4.69) is 4.90 Å². The summed E-state index contributed by atoms with van der Waals surface area (Å²) in [7, 11) is 0. The van der Waals surface area contributed by atoms with Crippen LogP contribution in [-0.2, 0) is 4.79 Å². The van der Waals surface area contributed by atoms with E-state index in [1.807, 2.05) is 11.8 Å². The van der Waals surface area contributed by atoms with E-state index in [1.54, 1.807) is 0 Å². The van der Waals surface area contributed by atoms with E-state index in [9.17, 15) is 4.79 Å². The van der Waals surface area contributed by atoms with E-state index >= 15 is 0 Å². The van der Waals surface area contributed by atoms with E-state index in [1.165, 1.54) is 11.5 Å². The fourth-order valence-corrected chi connectivity index (χ4v) is 3.00. The molecule has 68 valence electrons. The Morgan fingerprint density at radius 3 is 2.67 bits per heavy atom. The Hall–Kier alpha value is -0.0200. The summed E-state index contributed by atoms with van der Waals surface area (Å²) in [6, 6.07) is 0.297. The number of hydrogen-bond donors (Lipinski definition) is 0.